The van der Waals surface area contributed by atoms with Crippen LogP contribution in [0.15, 0.2) is 67.1 Å². The van der Waals surface area contributed by atoms with E-state index in [2.05, 4.69) is 30.9 Å². The van der Waals surface area contributed by atoms with Gasteiger partial charge in [-0.25, -0.2) is 4.68 Å². The van der Waals surface area contributed by atoms with Gasteiger partial charge in [0, 0.05) is 37.1 Å². The standard InChI is InChI=1S/C19H17N7O/c27-19(18-15-5-2-1-4-14(15)8-10-21-18)22-12-11-20-16-6-7-17(25-24-16)26-13-3-9-23-26/h1-10,13H,11-12H2,(H,20,24)(H,22,27). The average Bonchev–Trinajstić information content (AvgIpc) is 3.26. The van der Waals surface area contributed by atoms with Crippen LogP contribution in [0.3, 0.4) is 0 Å². The van der Waals surface area contributed by atoms with E-state index in [9.17, 15) is 4.79 Å². The summed E-state index contributed by atoms with van der Waals surface area (Å²) in [5, 5.41) is 20.1. The van der Waals surface area contributed by atoms with E-state index in [-0.39, 0.29) is 5.91 Å². The number of hydrogen-bond donors (Lipinski definition) is 2. The first-order chi connectivity index (χ1) is 13.3. The number of aromatic nitrogens is 5. The molecule has 0 radical (unpaired) electrons. The zero-order chi connectivity index (χ0) is 18.5. The van der Waals surface area contributed by atoms with Crippen LogP contribution in [0.4, 0.5) is 5.82 Å². The van der Waals surface area contributed by atoms with Crippen molar-refractivity contribution in [2.45, 2.75) is 0 Å². The molecule has 134 valence electrons. The minimum Gasteiger partial charge on any atom is -0.367 e. The summed E-state index contributed by atoms with van der Waals surface area (Å²) in [6, 6.07) is 15.0. The van der Waals surface area contributed by atoms with Crippen LogP contribution in [0, 0.1) is 0 Å². The Morgan fingerprint density at radius 2 is 1.89 bits per heavy atom. The van der Waals surface area contributed by atoms with Gasteiger partial charge in [0.2, 0.25) is 0 Å². The summed E-state index contributed by atoms with van der Waals surface area (Å²) in [5.41, 5.74) is 0.427. The average molecular weight is 359 g/mol. The summed E-state index contributed by atoms with van der Waals surface area (Å²) in [7, 11) is 0. The highest BCUT2D eigenvalue weighted by Gasteiger charge is 2.10. The molecule has 27 heavy (non-hydrogen) atoms. The van der Waals surface area contributed by atoms with Crippen molar-refractivity contribution in [3.63, 3.8) is 0 Å². The number of rotatable bonds is 6. The number of carbonyl (C=O) groups is 1. The number of amides is 1. The molecule has 0 saturated heterocycles. The lowest BCUT2D eigenvalue weighted by atomic mass is 10.1. The summed E-state index contributed by atoms with van der Waals surface area (Å²) in [5.74, 6) is 1.07. The smallest absolute Gasteiger partial charge is 0.270 e. The zero-order valence-electron chi connectivity index (χ0n) is 14.4. The minimum absolute atomic E-state index is 0.200. The molecule has 3 heterocycles. The summed E-state index contributed by atoms with van der Waals surface area (Å²) in [6.07, 6.45) is 5.13. The van der Waals surface area contributed by atoms with Crippen molar-refractivity contribution in [2.24, 2.45) is 0 Å². The van der Waals surface area contributed by atoms with Gasteiger partial charge in [-0.2, -0.15) is 5.10 Å². The lowest BCUT2D eigenvalue weighted by molar-refractivity contribution is 0.0952. The summed E-state index contributed by atoms with van der Waals surface area (Å²) >= 11 is 0. The Morgan fingerprint density at radius 1 is 0.963 bits per heavy atom. The monoisotopic (exact) mass is 359 g/mol. The highest BCUT2D eigenvalue weighted by molar-refractivity contribution is 6.05. The number of anilines is 1. The van der Waals surface area contributed by atoms with Crippen LogP contribution in [0.1, 0.15) is 10.5 Å². The van der Waals surface area contributed by atoms with Crippen molar-refractivity contribution in [1.29, 1.82) is 0 Å². The molecule has 0 saturated carbocycles. The molecule has 1 amide bonds. The molecule has 8 nitrogen and oxygen atoms in total. The van der Waals surface area contributed by atoms with E-state index < -0.39 is 0 Å². The summed E-state index contributed by atoms with van der Waals surface area (Å²) in [6.45, 7) is 0.957. The fraction of sp³-hybridized carbons (Fsp3) is 0.105. The van der Waals surface area contributed by atoms with Crippen LogP contribution in [0.5, 0.6) is 0 Å². The molecule has 0 aliphatic rings. The molecule has 0 unspecified atom stereocenters. The molecule has 0 atom stereocenters. The van der Waals surface area contributed by atoms with E-state index in [4.69, 9.17) is 0 Å². The third kappa shape index (κ3) is 3.74. The lowest BCUT2D eigenvalue weighted by Crippen LogP contribution is -2.29. The predicted octanol–water partition coefficient (Wildman–Crippen LogP) is 2.05. The van der Waals surface area contributed by atoms with Crippen LogP contribution in [-0.4, -0.2) is 44.0 Å². The molecule has 4 aromatic rings. The van der Waals surface area contributed by atoms with Crippen molar-refractivity contribution in [3.8, 4) is 5.82 Å². The molecule has 0 aliphatic carbocycles. The zero-order valence-corrected chi connectivity index (χ0v) is 14.4. The quantitative estimate of drug-likeness (QED) is 0.511. The van der Waals surface area contributed by atoms with Crippen LogP contribution < -0.4 is 10.6 Å². The first-order valence-electron chi connectivity index (χ1n) is 8.51. The fourth-order valence-corrected chi connectivity index (χ4v) is 2.70. The van der Waals surface area contributed by atoms with Crippen molar-refractivity contribution in [1.82, 2.24) is 30.3 Å². The first-order valence-corrected chi connectivity index (χ1v) is 8.51. The van der Waals surface area contributed by atoms with Gasteiger partial charge in [-0.1, -0.05) is 24.3 Å². The van der Waals surface area contributed by atoms with Crippen molar-refractivity contribution >= 4 is 22.5 Å². The fourth-order valence-electron chi connectivity index (χ4n) is 2.70. The third-order valence-electron chi connectivity index (χ3n) is 3.99. The van der Waals surface area contributed by atoms with E-state index in [1.54, 1.807) is 23.3 Å². The Hall–Kier alpha value is -3.81. The molecule has 2 N–H and O–H groups in total. The topological polar surface area (TPSA) is 97.6 Å². The van der Waals surface area contributed by atoms with Crippen molar-refractivity contribution in [2.75, 3.05) is 18.4 Å². The number of nitrogens with zero attached hydrogens (tertiary/aromatic N) is 5. The van der Waals surface area contributed by atoms with E-state index in [1.165, 1.54) is 0 Å². The Morgan fingerprint density at radius 3 is 2.70 bits per heavy atom. The maximum Gasteiger partial charge on any atom is 0.270 e. The van der Waals surface area contributed by atoms with Gasteiger partial charge in [0.05, 0.1) is 0 Å². The Labute approximate surface area is 155 Å². The molecule has 3 aromatic heterocycles. The number of nitrogens with one attached hydrogen (secondary N) is 2. The number of pyridine rings is 1. The second-order valence-electron chi connectivity index (χ2n) is 5.79. The molecule has 4 rings (SSSR count). The second kappa shape index (κ2) is 7.61. The van der Waals surface area contributed by atoms with Crippen LogP contribution >= 0.6 is 0 Å². The molecular formula is C19H17N7O. The predicted molar refractivity (Wildman–Crippen MR) is 102 cm³/mol. The molecular weight excluding hydrogens is 342 g/mol. The number of fused-ring (bicyclic) bond motifs is 1. The molecule has 0 fully saturated rings. The van der Waals surface area contributed by atoms with Gasteiger partial charge in [0.15, 0.2) is 5.82 Å². The SMILES string of the molecule is O=C(NCCNc1ccc(-n2cccn2)nn1)c1nccc2ccccc12. The van der Waals surface area contributed by atoms with Crippen LogP contribution in [0.25, 0.3) is 16.6 Å². The highest BCUT2D eigenvalue weighted by atomic mass is 16.1. The maximum absolute atomic E-state index is 12.4. The number of hydrogen-bond acceptors (Lipinski definition) is 6. The van der Waals surface area contributed by atoms with Gasteiger partial charge in [0.1, 0.15) is 11.5 Å². The third-order valence-corrected chi connectivity index (χ3v) is 3.99. The molecule has 0 aliphatic heterocycles. The second-order valence-corrected chi connectivity index (χ2v) is 5.79. The normalized spacial score (nSPS) is 10.7. The van der Waals surface area contributed by atoms with Gasteiger partial charge in [0.25, 0.3) is 5.91 Å². The Bertz CT molecular complexity index is 1040. The first kappa shape index (κ1) is 16.6. The van der Waals surface area contributed by atoms with Gasteiger partial charge in [-0.05, 0) is 29.7 Å². The highest BCUT2D eigenvalue weighted by Crippen LogP contribution is 2.15. The van der Waals surface area contributed by atoms with E-state index >= 15 is 0 Å². The van der Waals surface area contributed by atoms with Gasteiger partial charge >= 0.3 is 0 Å². The van der Waals surface area contributed by atoms with Gasteiger partial charge < -0.3 is 10.6 Å². The van der Waals surface area contributed by atoms with E-state index in [0.717, 1.165) is 10.8 Å². The maximum atomic E-state index is 12.4. The summed E-state index contributed by atoms with van der Waals surface area (Å²) < 4.78 is 1.63. The molecule has 1 aromatic carbocycles. The van der Waals surface area contributed by atoms with Crippen molar-refractivity contribution in [3.05, 3.63) is 72.8 Å². The number of carbonyl (C=O) groups excluding carboxylic acids is 1. The number of benzene rings is 1. The Kier molecular flexibility index (Phi) is 4.69. The summed E-state index contributed by atoms with van der Waals surface area (Å²) in [4.78, 5) is 16.6. The Balaban J connectivity index is 1.31. The van der Waals surface area contributed by atoms with Gasteiger partial charge in [-0.3, -0.25) is 9.78 Å². The van der Waals surface area contributed by atoms with Crippen LogP contribution in [-0.2, 0) is 0 Å². The molecule has 0 bridgehead atoms. The minimum atomic E-state index is -0.200. The van der Waals surface area contributed by atoms with E-state index in [1.807, 2.05) is 48.5 Å². The lowest BCUT2D eigenvalue weighted by Gasteiger charge is -2.08. The largest absolute Gasteiger partial charge is 0.367 e. The molecule has 8 heteroatoms. The van der Waals surface area contributed by atoms with E-state index in [0.29, 0.717) is 30.4 Å². The van der Waals surface area contributed by atoms with Gasteiger partial charge in [-0.15, -0.1) is 10.2 Å². The molecule has 0 spiro atoms. The van der Waals surface area contributed by atoms with Crippen molar-refractivity contribution < 1.29 is 4.79 Å². The van der Waals surface area contributed by atoms with Crippen LogP contribution in [0.2, 0.25) is 0 Å².